The second-order valence-corrected chi connectivity index (χ2v) is 31.5. The van der Waals surface area contributed by atoms with E-state index in [-0.39, 0.29) is 0 Å². The van der Waals surface area contributed by atoms with E-state index in [0.717, 1.165) is 246 Å². The Bertz CT molecular complexity index is 7270. The van der Waals surface area contributed by atoms with Crippen LogP contribution in [0.25, 0.3) is 201 Å². The number of aromatic nitrogens is 8. The van der Waals surface area contributed by atoms with Crippen LogP contribution in [0, 0.1) is 27.7 Å². The van der Waals surface area contributed by atoms with E-state index in [1.54, 1.807) is 0 Å². The Kier molecular flexibility index (Phi) is 19.0. The fraction of sp³-hybridized carbons (Fsp3) is 0.0442. The van der Waals surface area contributed by atoms with E-state index in [1.165, 1.54) is 0 Å². The minimum absolute atomic E-state index is 0.773. The van der Waals surface area contributed by atoms with E-state index >= 15 is 0 Å². The molecule has 20 aromatic rings. The van der Waals surface area contributed by atoms with Crippen molar-refractivity contribution in [2.45, 2.75) is 27.7 Å². The third-order valence-electron chi connectivity index (χ3n) is 24.5. The largest absolute Gasteiger partial charge is 0.287 e. The molecule has 0 bridgehead atoms. The number of aryl methyl sites for hydroxylation is 2. The summed E-state index contributed by atoms with van der Waals surface area (Å²) in [5.74, 6) is 0. The quantitative estimate of drug-likeness (QED) is 0.0663. The van der Waals surface area contributed by atoms with Crippen molar-refractivity contribution < 1.29 is 0 Å². The molecular formula is C113H80N10. The molecule has 0 spiro atoms. The summed E-state index contributed by atoms with van der Waals surface area (Å²) in [7, 11) is 1.89. The summed E-state index contributed by atoms with van der Waals surface area (Å²) in [6.45, 7) is 13.0. The normalized spacial score (nSPS) is 12.0. The van der Waals surface area contributed by atoms with Gasteiger partial charge in [0.1, 0.15) is 0 Å². The molecule has 21 rings (SSSR count). The predicted octanol–water partition coefficient (Wildman–Crippen LogP) is 28.3. The minimum Gasteiger partial charge on any atom is -0.287 e. The van der Waals surface area contributed by atoms with Gasteiger partial charge in [0.15, 0.2) is 0 Å². The highest BCUT2D eigenvalue weighted by atomic mass is 15.3. The highest BCUT2D eigenvalue weighted by molar-refractivity contribution is 6.35. The van der Waals surface area contributed by atoms with Gasteiger partial charge in [-0.3, -0.25) is 29.9 Å². The zero-order valence-electron chi connectivity index (χ0n) is 68.6. The van der Waals surface area contributed by atoms with E-state index in [9.17, 15) is 0 Å². The standard InChI is InChI=1S/C113H80N10/c1-70-72(3)120-122(112(70)86-64-82(94-28-11-7-24-90(94)74-38-46-78(47-39-74)104-34-15-19-58-116-104)62-83(65-86)95-29-12-8-25-91(95)75-40-48-79(49-41-75)105-35-16-20-59-117-105)88-54-56-100-102(68-88)98-32-23-33-99-103-69-89(55-57-101(103)111(115-6)109(108(98)99)110(100)114-5)123-113(71(2)73(4)121-123)87-66-84(96-30-13-9-26-92(96)76-42-50-80(51-43-76)106-36-17-21-60-118-106)63-85(67-87)97-31-14-10-27-93(97)77-44-52-81(53-45-77)107-37-18-22-61-119-107/h7-69H,5H2,1-4,6H3/b115-111-. The van der Waals surface area contributed by atoms with E-state index < -0.39 is 0 Å². The second kappa shape index (κ2) is 31.4. The Morgan fingerprint density at radius 3 is 0.911 bits per heavy atom. The first-order chi connectivity index (χ1) is 60.6. The molecule has 0 atom stereocenters. The summed E-state index contributed by atoms with van der Waals surface area (Å²) < 4.78 is 4.32. The molecule has 1 aliphatic carbocycles. The molecule has 14 aromatic carbocycles. The van der Waals surface area contributed by atoms with Gasteiger partial charge in [-0.25, -0.2) is 9.36 Å². The van der Waals surface area contributed by atoms with E-state index in [4.69, 9.17) is 20.2 Å². The number of hydrogen-bond acceptors (Lipinski definition) is 8. The van der Waals surface area contributed by atoms with Crippen molar-refractivity contribution in [3.8, 4) is 179 Å². The third-order valence-corrected chi connectivity index (χ3v) is 24.5. The van der Waals surface area contributed by atoms with Crippen LogP contribution in [0.1, 0.15) is 33.6 Å². The summed E-state index contributed by atoms with van der Waals surface area (Å²) in [5.41, 5.74) is 41.1. The van der Waals surface area contributed by atoms with Gasteiger partial charge in [-0.15, -0.1) is 0 Å². The lowest BCUT2D eigenvalue weighted by molar-refractivity contribution is 0.869. The van der Waals surface area contributed by atoms with E-state index in [0.29, 0.717) is 0 Å². The van der Waals surface area contributed by atoms with Crippen LogP contribution >= 0.6 is 0 Å². The van der Waals surface area contributed by atoms with Crippen molar-refractivity contribution >= 4 is 39.7 Å². The Balaban J connectivity index is 0.702. The average Bonchev–Trinajstić information content (AvgIpc) is 1.13. The van der Waals surface area contributed by atoms with Gasteiger partial charge in [-0.1, -0.05) is 249 Å². The topological polar surface area (TPSA) is 112 Å². The maximum atomic E-state index is 5.52. The number of fused-ring (bicyclic) bond motifs is 4. The van der Waals surface area contributed by atoms with Crippen LogP contribution in [-0.2, 0) is 0 Å². The molecule has 0 radical (unpaired) electrons. The molecule has 0 amide bonds. The van der Waals surface area contributed by atoms with Gasteiger partial charge < -0.3 is 0 Å². The fourth-order valence-electron chi connectivity index (χ4n) is 18.2. The molecule has 0 saturated carbocycles. The Labute approximate surface area is 714 Å². The Morgan fingerprint density at radius 2 is 0.569 bits per heavy atom. The van der Waals surface area contributed by atoms with Gasteiger partial charge in [0.2, 0.25) is 0 Å². The molecular weight excluding hydrogens is 1500 g/mol. The highest BCUT2D eigenvalue weighted by Crippen LogP contribution is 2.51. The summed E-state index contributed by atoms with van der Waals surface area (Å²) >= 11 is 0. The molecule has 0 saturated heterocycles. The molecule has 0 fully saturated rings. The molecule has 1 aliphatic rings. The third kappa shape index (κ3) is 13.4. The van der Waals surface area contributed by atoms with Crippen LogP contribution in [0.3, 0.4) is 0 Å². The van der Waals surface area contributed by atoms with Crippen LogP contribution in [-0.4, -0.2) is 59.0 Å². The number of nitrogens with zero attached hydrogens (tertiary/aromatic N) is 10. The molecule has 582 valence electrons. The molecule has 0 N–H and O–H groups in total. The van der Waals surface area contributed by atoms with Gasteiger partial charge in [0, 0.05) is 87.1 Å². The van der Waals surface area contributed by atoms with Crippen molar-refractivity contribution in [1.82, 2.24) is 39.5 Å². The van der Waals surface area contributed by atoms with Crippen molar-refractivity contribution in [1.29, 1.82) is 0 Å². The summed E-state index contributed by atoms with van der Waals surface area (Å²) in [6, 6.07) is 129. The SMILES string of the molecule is C=Nc1c2c3c(cccc3c3cc(-n4nc(C)c(C)c4-c4cc(-c5ccccc5-c5ccc(-c6ccccn6)cc5)cc(-c5ccccc5-c5ccc(-c6ccccn6)cc5)c4)ccc13)-c1cc(-n3nc(C)c(C)c3-c3cc(-c4ccccc4-c4ccc(-c5ccccn5)cc4)cc(-c4ccccc4-c4ccc(-c5ccccn5)cc4)c3)ccc1/C2=N/C. The maximum absolute atomic E-state index is 5.52. The smallest absolute Gasteiger partial charge is 0.0801 e. The second-order valence-electron chi connectivity index (χ2n) is 31.5. The predicted molar refractivity (Wildman–Crippen MR) is 508 cm³/mol. The van der Waals surface area contributed by atoms with Crippen LogP contribution in [0.4, 0.5) is 5.69 Å². The lowest BCUT2D eigenvalue weighted by Gasteiger charge is -2.26. The number of aliphatic imine (C=N–C) groups is 2. The summed E-state index contributed by atoms with van der Waals surface area (Å²) in [6.07, 6.45) is 7.38. The Morgan fingerprint density at radius 1 is 0.252 bits per heavy atom. The lowest BCUT2D eigenvalue weighted by atomic mass is 9.79. The molecule has 0 unspecified atom stereocenters. The number of hydrogen-bond donors (Lipinski definition) is 0. The van der Waals surface area contributed by atoms with Gasteiger partial charge in [0.05, 0.1) is 68.3 Å². The van der Waals surface area contributed by atoms with Gasteiger partial charge in [-0.05, 0) is 266 Å². The van der Waals surface area contributed by atoms with Gasteiger partial charge in [0.25, 0.3) is 0 Å². The van der Waals surface area contributed by atoms with Crippen molar-refractivity contribution in [2.75, 3.05) is 7.05 Å². The lowest BCUT2D eigenvalue weighted by Crippen LogP contribution is -2.13. The van der Waals surface area contributed by atoms with Gasteiger partial charge >= 0.3 is 0 Å². The van der Waals surface area contributed by atoms with E-state index in [1.807, 2.05) is 80.4 Å². The monoisotopic (exact) mass is 1580 g/mol. The number of benzene rings is 14. The summed E-state index contributed by atoms with van der Waals surface area (Å²) in [4.78, 5) is 28.9. The number of pyridine rings is 4. The van der Waals surface area contributed by atoms with E-state index in [2.05, 4.69) is 373 Å². The first kappa shape index (κ1) is 74.5. The fourth-order valence-corrected chi connectivity index (χ4v) is 18.2. The molecule has 0 aliphatic heterocycles. The average molecular weight is 1580 g/mol. The molecule has 6 heterocycles. The van der Waals surface area contributed by atoms with Crippen LogP contribution < -0.4 is 0 Å². The van der Waals surface area contributed by atoms with Crippen molar-refractivity contribution in [2.24, 2.45) is 9.98 Å². The summed E-state index contributed by atoms with van der Waals surface area (Å²) in [5, 5.41) is 15.1. The molecule has 6 aromatic heterocycles. The zero-order chi connectivity index (χ0) is 82.8. The molecule has 10 nitrogen and oxygen atoms in total. The van der Waals surface area contributed by atoms with Crippen molar-refractivity contribution in [3.63, 3.8) is 0 Å². The first-order valence-electron chi connectivity index (χ1n) is 41.6. The van der Waals surface area contributed by atoms with Crippen LogP contribution in [0.15, 0.2) is 393 Å². The molecule has 10 heteroatoms. The van der Waals surface area contributed by atoms with Crippen LogP contribution in [0.5, 0.6) is 0 Å². The Hall–Kier alpha value is -16.0. The highest BCUT2D eigenvalue weighted by Gasteiger charge is 2.31. The zero-order valence-corrected chi connectivity index (χ0v) is 68.6. The first-order valence-corrected chi connectivity index (χ1v) is 41.6. The number of rotatable bonds is 17. The van der Waals surface area contributed by atoms with Crippen LogP contribution in [0.2, 0.25) is 0 Å². The minimum atomic E-state index is 0.773. The maximum Gasteiger partial charge on any atom is 0.0801 e. The van der Waals surface area contributed by atoms with Crippen molar-refractivity contribution in [3.05, 3.63) is 416 Å². The van der Waals surface area contributed by atoms with Gasteiger partial charge in [-0.2, -0.15) is 10.2 Å². The molecule has 123 heavy (non-hydrogen) atoms.